The molecule has 1 unspecified atom stereocenters. The van der Waals surface area contributed by atoms with E-state index in [1.807, 2.05) is 13.8 Å². The molecule has 0 heterocycles. The van der Waals surface area contributed by atoms with Gasteiger partial charge < -0.3 is 10.5 Å². The molecule has 0 fully saturated rings. The van der Waals surface area contributed by atoms with E-state index in [-0.39, 0.29) is 12.1 Å². The van der Waals surface area contributed by atoms with Gasteiger partial charge in [0, 0.05) is 0 Å². The first-order valence-corrected chi connectivity index (χ1v) is 3.88. The zero-order valence-electron chi connectivity index (χ0n) is 7.68. The van der Waals surface area contributed by atoms with E-state index < -0.39 is 5.54 Å². The molecule has 11 heavy (non-hydrogen) atoms. The van der Waals surface area contributed by atoms with Crippen LogP contribution in [0.5, 0.6) is 0 Å². The van der Waals surface area contributed by atoms with Gasteiger partial charge in [0.25, 0.3) is 0 Å². The van der Waals surface area contributed by atoms with Crippen LogP contribution in [0, 0.1) is 0 Å². The van der Waals surface area contributed by atoms with Crippen LogP contribution in [-0.4, -0.2) is 17.6 Å². The van der Waals surface area contributed by atoms with Crippen molar-refractivity contribution in [3.05, 3.63) is 0 Å². The zero-order chi connectivity index (χ0) is 9.07. The van der Waals surface area contributed by atoms with E-state index in [2.05, 4.69) is 0 Å². The van der Waals surface area contributed by atoms with E-state index >= 15 is 0 Å². The molecule has 0 spiro atoms. The molecule has 2 N–H and O–H groups in total. The minimum Gasteiger partial charge on any atom is -0.461 e. The van der Waals surface area contributed by atoms with Crippen LogP contribution >= 0.6 is 0 Å². The summed E-state index contributed by atoms with van der Waals surface area (Å²) in [6.45, 7) is 7.08. The topological polar surface area (TPSA) is 52.3 Å². The van der Waals surface area contributed by atoms with E-state index in [1.165, 1.54) is 0 Å². The third kappa shape index (κ3) is 3.98. The number of hydrogen-bond acceptors (Lipinski definition) is 3. The van der Waals surface area contributed by atoms with Crippen molar-refractivity contribution in [2.75, 3.05) is 0 Å². The smallest absolute Gasteiger partial charge is 0.325 e. The normalized spacial score (nSPS) is 14.3. The van der Waals surface area contributed by atoms with Crippen molar-refractivity contribution in [3.63, 3.8) is 0 Å². The van der Waals surface area contributed by atoms with Crippen LogP contribution in [-0.2, 0) is 9.53 Å². The third-order valence-corrected chi connectivity index (χ3v) is 1.41. The number of carbonyl (C=O) groups excluding carboxylic acids is 1. The molecule has 0 aromatic heterocycles. The first-order chi connectivity index (χ1) is 4.88. The second-order valence-electron chi connectivity index (χ2n) is 3.35. The van der Waals surface area contributed by atoms with Crippen LogP contribution in [0.25, 0.3) is 0 Å². The van der Waals surface area contributed by atoms with E-state index in [4.69, 9.17) is 10.5 Å². The molecule has 0 saturated carbocycles. The van der Waals surface area contributed by atoms with Crippen molar-refractivity contribution < 1.29 is 9.53 Å². The molecule has 0 saturated heterocycles. The van der Waals surface area contributed by atoms with E-state index in [0.29, 0.717) is 0 Å². The quantitative estimate of drug-likeness (QED) is 0.626. The SMILES string of the molecule is CCC(C)OC(=O)C(C)(C)N. The van der Waals surface area contributed by atoms with Gasteiger partial charge in [-0.05, 0) is 27.2 Å². The number of hydrogen-bond donors (Lipinski definition) is 1. The predicted molar refractivity (Wildman–Crippen MR) is 44.1 cm³/mol. The molecule has 3 nitrogen and oxygen atoms in total. The largest absolute Gasteiger partial charge is 0.461 e. The fourth-order valence-corrected chi connectivity index (χ4v) is 0.418. The lowest BCUT2D eigenvalue weighted by Gasteiger charge is -2.19. The summed E-state index contributed by atoms with van der Waals surface area (Å²) in [5, 5.41) is 0. The summed E-state index contributed by atoms with van der Waals surface area (Å²) >= 11 is 0. The predicted octanol–water partition coefficient (Wildman–Crippen LogP) is 1.07. The highest BCUT2D eigenvalue weighted by Crippen LogP contribution is 2.04. The average molecular weight is 159 g/mol. The van der Waals surface area contributed by atoms with Crippen molar-refractivity contribution in [2.24, 2.45) is 5.73 Å². The van der Waals surface area contributed by atoms with Crippen LogP contribution in [0.4, 0.5) is 0 Å². The van der Waals surface area contributed by atoms with Crippen LogP contribution in [0.3, 0.4) is 0 Å². The van der Waals surface area contributed by atoms with Gasteiger partial charge in [-0.15, -0.1) is 0 Å². The minimum absolute atomic E-state index is 0.0367. The second kappa shape index (κ2) is 3.72. The van der Waals surface area contributed by atoms with Crippen LogP contribution in [0.1, 0.15) is 34.1 Å². The Morgan fingerprint density at radius 2 is 2.09 bits per heavy atom. The summed E-state index contributed by atoms with van der Waals surface area (Å²) in [5.74, 6) is -0.341. The summed E-state index contributed by atoms with van der Waals surface area (Å²) in [5.41, 5.74) is 4.64. The highest BCUT2D eigenvalue weighted by atomic mass is 16.5. The number of rotatable bonds is 3. The van der Waals surface area contributed by atoms with Crippen LogP contribution in [0.2, 0.25) is 0 Å². The van der Waals surface area contributed by atoms with Gasteiger partial charge in [-0.3, -0.25) is 4.79 Å². The van der Waals surface area contributed by atoms with Gasteiger partial charge in [0.15, 0.2) is 0 Å². The Morgan fingerprint density at radius 3 is 2.36 bits per heavy atom. The molecule has 0 bridgehead atoms. The van der Waals surface area contributed by atoms with Gasteiger partial charge >= 0.3 is 5.97 Å². The molecule has 0 aliphatic heterocycles. The molecule has 0 aromatic carbocycles. The maximum absolute atomic E-state index is 11.1. The lowest BCUT2D eigenvalue weighted by molar-refractivity contribution is -0.153. The molecule has 0 aliphatic rings. The zero-order valence-corrected chi connectivity index (χ0v) is 7.68. The van der Waals surface area contributed by atoms with Gasteiger partial charge in [0.05, 0.1) is 6.10 Å². The first-order valence-electron chi connectivity index (χ1n) is 3.88. The first kappa shape index (κ1) is 10.4. The molecule has 0 rings (SSSR count). The van der Waals surface area contributed by atoms with E-state index in [9.17, 15) is 4.79 Å². The second-order valence-corrected chi connectivity index (χ2v) is 3.35. The molecule has 0 amide bonds. The number of ether oxygens (including phenoxy) is 1. The van der Waals surface area contributed by atoms with Gasteiger partial charge in [0.2, 0.25) is 0 Å². The van der Waals surface area contributed by atoms with Gasteiger partial charge in [-0.1, -0.05) is 6.92 Å². The van der Waals surface area contributed by atoms with Crippen molar-refractivity contribution >= 4 is 5.97 Å². The Morgan fingerprint density at radius 1 is 1.64 bits per heavy atom. The summed E-state index contributed by atoms with van der Waals surface area (Å²) < 4.78 is 5.00. The summed E-state index contributed by atoms with van der Waals surface area (Å²) in [4.78, 5) is 11.1. The molecular formula is C8H17NO2. The Balaban J connectivity index is 3.88. The third-order valence-electron chi connectivity index (χ3n) is 1.41. The van der Waals surface area contributed by atoms with Crippen molar-refractivity contribution in [2.45, 2.75) is 45.8 Å². The van der Waals surface area contributed by atoms with Gasteiger partial charge in [-0.25, -0.2) is 0 Å². The van der Waals surface area contributed by atoms with Crippen molar-refractivity contribution in [3.8, 4) is 0 Å². The number of esters is 1. The Kier molecular flexibility index (Phi) is 3.52. The number of nitrogens with two attached hydrogens (primary N) is 1. The minimum atomic E-state index is -0.872. The monoisotopic (exact) mass is 159 g/mol. The average Bonchev–Trinajstić information content (AvgIpc) is 1.85. The molecule has 0 aromatic rings. The van der Waals surface area contributed by atoms with E-state index in [1.54, 1.807) is 13.8 Å². The molecule has 1 atom stereocenters. The number of carbonyl (C=O) groups is 1. The lowest BCUT2D eigenvalue weighted by Crippen LogP contribution is -2.44. The van der Waals surface area contributed by atoms with Gasteiger partial charge in [-0.2, -0.15) is 0 Å². The maximum atomic E-state index is 11.1. The summed E-state index contributed by atoms with van der Waals surface area (Å²) in [6, 6.07) is 0. The molecule has 66 valence electrons. The molecular weight excluding hydrogens is 142 g/mol. The Labute approximate surface area is 67.9 Å². The summed E-state index contributed by atoms with van der Waals surface area (Å²) in [6.07, 6.45) is 0.785. The molecule has 0 aliphatic carbocycles. The standard InChI is InChI=1S/C8H17NO2/c1-5-6(2)11-7(10)8(3,4)9/h6H,5,9H2,1-4H3. The highest BCUT2D eigenvalue weighted by Gasteiger charge is 2.24. The van der Waals surface area contributed by atoms with E-state index in [0.717, 1.165) is 6.42 Å². The van der Waals surface area contributed by atoms with Crippen molar-refractivity contribution in [1.29, 1.82) is 0 Å². The summed E-state index contributed by atoms with van der Waals surface area (Å²) in [7, 11) is 0. The molecule has 3 heteroatoms. The lowest BCUT2D eigenvalue weighted by atomic mass is 10.1. The Hall–Kier alpha value is -0.570. The highest BCUT2D eigenvalue weighted by molar-refractivity contribution is 5.79. The Bertz CT molecular complexity index is 138. The van der Waals surface area contributed by atoms with Crippen molar-refractivity contribution in [1.82, 2.24) is 0 Å². The maximum Gasteiger partial charge on any atom is 0.325 e. The van der Waals surface area contributed by atoms with Gasteiger partial charge in [0.1, 0.15) is 5.54 Å². The van der Waals surface area contributed by atoms with Crippen LogP contribution < -0.4 is 5.73 Å². The fraction of sp³-hybridized carbons (Fsp3) is 0.875. The fourth-order valence-electron chi connectivity index (χ4n) is 0.418. The van der Waals surface area contributed by atoms with Crippen LogP contribution in [0.15, 0.2) is 0 Å². The molecule has 0 radical (unpaired) electrons.